The standard InChI is InChI=1S/C13H16N4S/c1-7(2)6-15-12-11-10(16-17-12)9-8(3)4-5-14-13(9)18-11/h4-5,7H,6H2,1-3H3,(H2,15,16,17). The first-order valence-electron chi connectivity index (χ1n) is 6.13. The van der Waals surface area contributed by atoms with Gasteiger partial charge in [-0.1, -0.05) is 13.8 Å². The lowest BCUT2D eigenvalue weighted by molar-refractivity contribution is 0.687. The molecular formula is C13H16N4S. The first-order valence-corrected chi connectivity index (χ1v) is 6.94. The number of pyridine rings is 1. The first kappa shape index (κ1) is 11.5. The Balaban J connectivity index is 2.14. The van der Waals surface area contributed by atoms with Gasteiger partial charge in [0.15, 0.2) is 5.82 Å². The molecule has 94 valence electrons. The minimum Gasteiger partial charge on any atom is -0.367 e. The summed E-state index contributed by atoms with van der Waals surface area (Å²) in [5.74, 6) is 1.55. The van der Waals surface area contributed by atoms with Crippen LogP contribution in [-0.4, -0.2) is 21.7 Å². The molecule has 0 amide bonds. The number of nitrogens with one attached hydrogen (secondary N) is 2. The minimum absolute atomic E-state index is 0.603. The van der Waals surface area contributed by atoms with Crippen LogP contribution in [0.5, 0.6) is 0 Å². The molecule has 0 spiro atoms. The predicted molar refractivity (Wildman–Crippen MR) is 77.3 cm³/mol. The molecule has 0 aliphatic heterocycles. The van der Waals surface area contributed by atoms with Crippen molar-refractivity contribution in [1.29, 1.82) is 0 Å². The Morgan fingerprint density at radius 1 is 1.44 bits per heavy atom. The van der Waals surface area contributed by atoms with Crippen molar-refractivity contribution in [1.82, 2.24) is 15.2 Å². The number of aryl methyl sites for hydroxylation is 1. The van der Waals surface area contributed by atoms with Gasteiger partial charge in [0, 0.05) is 18.1 Å². The number of thiophene rings is 1. The van der Waals surface area contributed by atoms with Crippen molar-refractivity contribution in [2.75, 3.05) is 11.9 Å². The predicted octanol–water partition coefficient (Wildman–Crippen LogP) is 3.55. The molecule has 0 bridgehead atoms. The molecule has 0 aliphatic carbocycles. The van der Waals surface area contributed by atoms with Crippen molar-refractivity contribution in [3.05, 3.63) is 17.8 Å². The van der Waals surface area contributed by atoms with Crippen molar-refractivity contribution < 1.29 is 0 Å². The van der Waals surface area contributed by atoms with Crippen molar-refractivity contribution in [3.63, 3.8) is 0 Å². The second-order valence-electron chi connectivity index (χ2n) is 4.96. The number of aromatic nitrogens is 3. The Morgan fingerprint density at radius 3 is 3.06 bits per heavy atom. The van der Waals surface area contributed by atoms with Gasteiger partial charge in [0.25, 0.3) is 0 Å². The monoisotopic (exact) mass is 260 g/mol. The molecule has 3 aromatic heterocycles. The number of hydrogen-bond acceptors (Lipinski definition) is 4. The highest BCUT2D eigenvalue weighted by atomic mass is 32.1. The van der Waals surface area contributed by atoms with Crippen LogP contribution in [0, 0.1) is 12.8 Å². The summed E-state index contributed by atoms with van der Waals surface area (Å²) in [6.45, 7) is 7.42. The summed E-state index contributed by atoms with van der Waals surface area (Å²) in [4.78, 5) is 5.51. The molecular weight excluding hydrogens is 244 g/mol. The van der Waals surface area contributed by atoms with E-state index in [4.69, 9.17) is 0 Å². The largest absolute Gasteiger partial charge is 0.367 e. The van der Waals surface area contributed by atoms with Gasteiger partial charge in [-0.15, -0.1) is 11.3 Å². The van der Waals surface area contributed by atoms with E-state index >= 15 is 0 Å². The molecule has 5 heteroatoms. The molecule has 0 aromatic carbocycles. The van der Waals surface area contributed by atoms with E-state index in [1.165, 1.54) is 15.6 Å². The van der Waals surface area contributed by atoms with E-state index in [1.54, 1.807) is 11.3 Å². The maximum Gasteiger partial charge on any atom is 0.165 e. The van der Waals surface area contributed by atoms with Crippen LogP contribution in [0.1, 0.15) is 19.4 Å². The molecule has 0 fully saturated rings. The zero-order chi connectivity index (χ0) is 12.7. The summed E-state index contributed by atoms with van der Waals surface area (Å²) in [7, 11) is 0. The van der Waals surface area contributed by atoms with Crippen LogP contribution in [0.15, 0.2) is 12.3 Å². The summed E-state index contributed by atoms with van der Waals surface area (Å²) in [5.41, 5.74) is 2.34. The van der Waals surface area contributed by atoms with Gasteiger partial charge < -0.3 is 5.32 Å². The Labute approximate surface area is 109 Å². The topological polar surface area (TPSA) is 53.6 Å². The van der Waals surface area contributed by atoms with E-state index in [1.807, 2.05) is 12.3 Å². The SMILES string of the molecule is Cc1ccnc2sc3c(NCC(C)C)n[nH]c3c12. The number of rotatable bonds is 3. The van der Waals surface area contributed by atoms with Crippen LogP contribution in [-0.2, 0) is 0 Å². The van der Waals surface area contributed by atoms with Crippen molar-refractivity contribution in [2.24, 2.45) is 5.92 Å². The van der Waals surface area contributed by atoms with Crippen LogP contribution in [0.4, 0.5) is 5.82 Å². The smallest absolute Gasteiger partial charge is 0.165 e. The Bertz CT molecular complexity index is 695. The van der Waals surface area contributed by atoms with Gasteiger partial charge in [0.1, 0.15) is 4.83 Å². The third-order valence-corrected chi connectivity index (χ3v) is 4.08. The van der Waals surface area contributed by atoms with E-state index in [0.29, 0.717) is 5.92 Å². The van der Waals surface area contributed by atoms with Crippen molar-refractivity contribution in [2.45, 2.75) is 20.8 Å². The van der Waals surface area contributed by atoms with Crippen LogP contribution >= 0.6 is 11.3 Å². The highest BCUT2D eigenvalue weighted by Crippen LogP contribution is 2.36. The number of hydrogen-bond donors (Lipinski definition) is 2. The average molecular weight is 260 g/mol. The Morgan fingerprint density at radius 2 is 2.28 bits per heavy atom. The lowest BCUT2D eigenvalue weighted by atomic mass is 10.2. The summed E-state index contributed by atoms with van der Waals surface area (Å²) >= 11 is 1.69. The Kier molecular flexibility index (Phi) is 2.70. The molecule has 0 saturated carbocycles. The third kappa shape index (κ3) is 1.75. The fourth-order valence-corrected chi connectivity index (χ4v) is 3.17. The first-order chi connectivity index (χ1) is 8.66. The normalized spacial score (nSPS) is 11.8. The number of fused-ring (bicyclic) bond motifs is 3. The van der Waals surface area contributed by atoms with E-state index in [0.717, 1.165) is 22.7 Å². The minimum atomic E-state index is 0.603. The van der Waals surface area contributed by atoms with Crippen molar-refractivity contribution in [3.8, 4) is 0 Å². The van der Waals surface area contributed by atoms with Gasteiger partial charge in [0.2, 0.25) is 0 Å². The summed E-state index contributed by atoms with van der Waals surface area (Å²) in [6, 6.07) is 2.04. The van der Waals surface area contributed by atoms with E-state index in [2.05, 4.69) is 41.3 Å². The highest BCUT2D eigenvalue weighted by Gasteiger charge is 2.14. The van der Waals surface area contributed by atoms with Gasteiger partial charge in [-0.2, -0.15) is 5.10 Å². The molecule has 0 saturated heterocycles. The van der Waals surface area contributed by atoms with E-state index in [9.17, 15) is 0 Å². The van der Waals surface area contributed by atoms with Crippen molar-refractivity contribution >= 4 is 37.6 Å². The quantitative estimate of drug-likeness (QED) is 0.757. The lowest BCUT2D eigenvalue weighted by Crippen LogP contribution is -2.08. The van der Waals surface area contributed by atoms with E-state index in [-0.39, 0.29) is 0 Å². The second kappa shape index (κ2) is 4.24. The highest BCUT2D eigenvalue weighted by molar-refractivity contribution is 7.26. The van der Waals surface area contributed by atoms with Gasteiger partial charge in [0.05, 0.1) is 10.2 Å². The second-order valence-corrected chi connectivity index (χ2v) is 5.96. The summed E-state index contributed by atoms with van der Waals surface area (Å²) in [6.07, 6.45) is 1.86. The maximum atomic E-state index is 4.43. The molecule has 0 radical (unpaired) electrons. The van der Waals surface area contributed by atoms with Crippen LogP contribution in [0.25, 0.3) is 20.4 Å². The zero-order valence-electron chi connectivity index (χ0n) is 10.7. The van der Waals surface area contributed by atoms with Crippen LogP contribution in [0.3, 0.4) is 0 Å². The van der Waals surface area contributed by atoms with Gasteiger partial charge in [-0.25, -0.2) is 4.98 Å². The number of H-pyrrole nitrogens is 1. The molecule has 0 aliphatic rings. The lowest BCUT2D eigenvalue weighted by Gasteiger charge is -2.04. The molecule has 0 atom stereocenters. The summed E-state index contributed by atoms with van der Waals surface area (Å²) < 4.78 is 1.17. The number of nitrogens with zero attached hydrogens (tertiary/aromatic N) is 2. The summed E-state index contributed by atoms with van der Waals surface area (Å²) in [5, 5.41) is 12.1. The molecule has 2 N–H and O–H groups in total. The Hall–Kier alpha value is -1.62. The van der Waals surface area contributed by atoms with E-state index < -0.39 is 0 Å². The average Bonchev–Trinajstić information content (AvgIpc) is 2.85. The van der Waals surface area contributed by atoms with Crippen LogP contribution < -0.4 is 5.32 Å². The number of aromatic amines is 1. The van der Waals surface area contributed by atoms with Gasteiger partial charge in [-0.05, 0) is 24.5 Å². The molecule has 4 nitrogen and oxygen atoms in total. The number of anilines is 1. The van der Waals surface area contributed by atoms with Gasteiger partial charge >= 0.3 is 0 Å². The fourth-order valence-electron chi connectivity index (χ4n) is 2.03. The zero-order valence-corrected chi connectivity index (χ0v) is 11.6. The molecule has 3 aromatic rings. The molecule has 3 heterocycles. The van der Waals surface area contributed by atoms with Crippen LogP contribution in [0.2, 0.25) is 0 Å². The fraction of sp³-hybridized carbons (Fsp3) is 0.385. The third-order valence-electron chi connectivity index (χ3n) is 2.97. The molecule has 18 heavy (non-hydrogen) atoms. The van der Waals surface area contributed by atoms with Gasteiger partial charge in [-0.3, -0.25) is 5.10 Å². The maximum absolute atomic E-state index is 4.43. The molecule has 3 rings (SSSR count). The molecule has 0 unspecified atom stereocenters.